The van der Waals surface area contributed by atoms with Crippen LogP contribution in [0.3, 0.4) is 0 Å². The molecular formula is C53H53N7O7. The quantitative estimate of drug-likeness (QED) is 0.108. The molecule has 0 amide bonds. The highest BCUT2D eigenvalue weighted by atomic mass is 16.5. The highest BCUT2D eigenvalue weighted by Gasteiger charge is 2.25. The maximum atomic E-state index is 12.6. The van der Waals surface area contributed by atoms with Crippen LogP contribution in [0.5, 0.6) is 28.7 Å². The number of methoxy groups -OCH3 is 1. The van der Waals surface area contributed by atoms with Gasteiger partial charge >= 0.3 is 0 Å². The van der Waals surface area contributed by atoms with Crippen LogP contribution in [0.4, 0.5) is 22.7 Å². The van der Waals surface area contributed by atoms with E-state index in [1.165, 1.54) is 0 Å². The van der Waals surface area contributed by atoms with Gasteiger partial charge in [0.25, 0.3) is 0 Å². The van der Waals surface area contributed by atoms with Gasteiger partial charge in [-0.2, -0.15) is 0 Å². The van der Waals surface area contributed by atoms with Crippen molar-refractivity contribution >= 4 is 22.7 Å². The van der Waals surface area contributed by atoms with Crippen molar-refractivity contribution in [3.8, 4) is 51.3 Å². The minimum Gasteiger partial charge on any atom is -0.495 e. The van der Waals surface area contributed by atoms with Crippen molar-refractivity contribution in [1.29, 1.82) is 0 Å². The lowest BCUT2D eigenvalue weighted by Gasteiger charge is -2.29. The van der Waals surface area contributed by atoms with Crippen molar-refractivity contribution in [1.82, 2.24) is 15.0 Å². The number of benzene rings is 4. The predicted molar refractivity (Wildman–Crippen MR) is 262 cm³/mol. The number of hydrogen-bond acceptors (Lipinski definition) is 12. The number of nitrogens with one attached hydrogen (secondary N) is 3. The number of fused-ring (bicyclic) bond motifs is 4. The number of nitrogens with zero attached hydrogens (tertiary/aromatic N) is 3. The van der Waals surface area contributed by atoms with Crippen LogP contribution in [0.2, 0.25) is 0 Å². The van der Waals surface area contributed by atoms with Crippen molar-refractivity contribution in [2.75, 3.05) is 80.6 Å². The van der Waals surface area contributed by atoms with Crippen molar-refractivity contribution < 1.29 is 23.7 Å². The van der Waals surface area contributed by atoms with Crippen LogP contribution in [-0.4, -0.2) is 74.7 Å². The molecule has 14 heteroatoms. The first-order valence-corrected chi connectivity index (χ1v) is 22.6. The molecule has 67 heavy (non-hydrogen) atoms. The monoisotopic (exact) mass is 899 g/mol. The van der Waals surface area contributed by atoms with E-state index in [0.29, 0.717) is 33.0 Å². The van der Waals surface area contributed by atoms with Gasteiger partial charge in [-0.1, -0.05) is 12.1 Å². The molecule has 4 aliphatic heterocycles. The Morgan fingerprint density at radius 3 is 1.73 bits per heavy atom. The molecule has 0 unspecified atom stereocenters. The second kappa shape index (κ2) is 18.7. The molecule has 2 saturated heterocycles. The number of morpholine rings is 2. The third kappa shape index (κ3) is 9.58. The molecule has 5 N–H and O–H groups in total. The van der Waals surface area contributed by atoms with Crippen LogP contribution in [0, 0.1) is 13.8 Å². The van der Waals surface area contributed by atoms with Gasteiger partial charge in [-0.25, -0.2) is 0 Å². The van der Waals surface area contributed by atoms with E-state index in [-0.39, 0.29) is 11.1 Å². The molecule has 11 rings (SSSR count). The summed E-state index contributed by atoms with van der Waals surface area (Å²) in [6.07, 6.45) is 5.01. The lowest BCUT2D eigenvalue weighted by molar-refractivity contribution is 0.122. The normalized spacial score (nSPS) is 14.8. The first-order valence-electron chi connectivity index (χ1n) is 22.6. The van der Waals surface area contributed by atoms with E-state index in [1.54, 1.807) is 25.4 Å². The maximum absolute atomic E-state index is 12.6. The van der Waals surface area contributed by atoms with E-state index in [2.05, 4.69) is 74.2 Å². The van der Waals surface area contributed by atoms with Gasteiger partial charge in [-0.05, 0) is 97.3 Å². The van der Waals surface area contributed by atoms with Crippen molar-refractivity contribution in [3.63, 3.8) is 0 Å². The molecule has 0 radical (unpaired) electrons. The number of aromatic amines is 2. The number of aryl methyl sites for hydroxylation is 2. The topological polar surface area (TPSA) is 169 Å². The van der Waals surface area contributed by atoms with Crippen LogP contribution in [0.15, 0.2) is 113 Å². The number of hydrogen-bond donors (Lipinski definition) is 4. The lowest BCUT2D eigenvalue weighted by atomic mass is 9.94. The average Bonchev–Trinajstić information content (AvgIpc) is 3.34. The lowest BCUT2D eigenvalue weighted by Crippen LogP contribution is -2.36. The first-order chi connectivity index (χ1) is 32.6. The van der Waals surface area contributed by atoms with E-state index < -0.39 is 0 Å². The van der Waals surface area contributed by atoms with Gasteiger partial charge in [-0.3, -0.25) is 14.6 Å². The predicted octanol–water partition coefficient (Wildman–Crippen LogP) is 8.36. The fourth-order valence-electron chi connectivity index (χ4n) is 9.23. The zero-order chi connectivity index (χ0) is 46.0. The number of rotatable bonds is 8. The van der Waals surface area contributed by atoms with Gasteiger partial charge in [-0.15, -0.1) is 0 Å². The van der Waals surface area contributed by atoms with Crippen LogP contribution in [0.25, 0.3) is 22.5 Å². The van der Waals surface area contributed by atoms with E-state index >= 15 is 0 Å². The minimum absolute atomic E-state index is 0.122. The molecule has 0 aliphatic carbocycles. The van der Waals surface area contributed by atoms with Crippen LogP contribution in [0.1, 0.15) is 38.9 Å². The number of anilines is 4. The first kappa shape index (κ1) is 43.3. The minimum atomic E-state index is -0.127. The molecular weight excluding hydrogens is 847 g/mol. The summed E-state index contributed by atoms with van der Waals surface area (Å²) in [5.74, 6) is 3.96. The molecule has 0 bridgehead atoms. The number of H-pyrrole nitrogens is 2. The fraction of sp³-hybridized carbons (Fsp3) is 0.264. The second-order valence-electron chi connectivity index (χ2n) is 17.4. The highest BCUT2D eigenvalue weighted by molar-refractivity contribution is 5.77. The van der Waals surface area contributed by atoms with E-state index in [4.69, 9.17) is 29.4 Å². The van der Waals surface area contributed by atoms with E-state index in [0.717, 1.165) is 152 Å². The van der Waals surface area contributed by atoms with Crippen LogP contribution < -0.4 is 46.2 Å². The molecule has 7 aromatic rings. The van der Waals surface area contributed by atoms with Crippen molar-refractivity contribution in [2.45, 2.75) is 33.2 Å². The van der Waals surface area contributed by atoms with Gasteiger partial charge < -0.3 is 54.5 Å². The van der Waals surface area contributed by atoms with E-state index in [1.807, 2.05) is 54.7 Å². The summed E-state index contributed by atoms with van der Waals surface area (Å²) < 4.78 is 29.0. The average molecular weight is 900 g/mol. The molecule has 0 spiro atoms. The van der Waals surface area contributed by atoms with Gasteiger partial charge in [0.1, 0.15) is 28.7 Å². The Morgan fingerprint density at radius 2 is 1.18 bits per heavy atom. The van der Waals surface area contributed by atoms with Gasteiger partial charge in [0.2, 0.25) is 11.1 Å². The van der Waals surface area contributed by atoms with Crippen LogP contribution >= 0.6 is 0 Å². The smallest absolute Gasteiger partial charge is 0.250 e. The Kier molecular flexibility index (Phi) is 12.1. The van der Waals surface area contributed by atoms with Gasteiger partial charge in [0.05, 0.1) is 51.1 Å². The Bertz CT molecular complexity index is 3100. The third-order valence-corrected chi connectivity index (χ3v) is 12.4. The summed E-state index contributed by atoms with van der Waals surface area (Å²) in [4.78, 5) is 39.7. The molecule has 2 fully saturated rings. The van der Waals surface area contributed by atoms with Crippen molar-refractivity contribution in [2.24, 2.45) is 0 Å². The summed E-state index contributed by atoms with van der Waals surface area (Å²) in [6, 6.07) is 29.7. The summed E-state index contributed by atoms with van der Waals surface area (Å²) in [6.45, 7) is 10.5. The standard InChI is InChI=1S/C30H30N4O4.C23H23N3O3/c1-19-9-22-12-21-13-23(32-17-20-11-25(36-2)18-31-16-20)3-4-28(21)38-30(22)26(10-19)27-14-24(15-29(35)33-27)34-5-7-37-8-6-34;1-14-8-16-10-15-11-17(24)2-3-21(15)29-23(16)19(9-14)20-12-18(13-22(27)25-20)26-4-6-28-7-5-26/h3-4,9-11,13-16,18,32H,5-8,12,17H2,1-2H3,(H,33,35);2-3,8-9,11-13H,4-7,10,24H2,1H3,(H,25,27). The molecule has 7 heterocycles. The molecule has 4 aromatic carbocycles. The maximum Gasteiger partial charge on any atom is 0.250 e. The largest absolute Gasteiger partial charge is 0.495 e. The molecule has 0 atom stereocenters. The van der Waals surface area contributed by atoms with Crippen LogP contribution in [-0.2, 0) is 28.9 Å². The number of ether oxygens (including phenoxy) is 5. The Morgan fingerprint density at radius 1 is 0.642 bits per heavy atom. The summed E-state index contributed by atoms with van der Waals surface area (Å²) >= 11 is 0. The zero-order valence-corrected chi connectivity index (χ0v) is 37.9. The molecule has 3 aromatic heterocycles. The number of nitrogens with two attached hydrogens (primary N) is 1. The Balaban J connectivity index is 0.000000162. The Hall–Kier alpha value is -7.55. The summed E-state index contributed by atoms with van der Waals surface area (Å²) in [5, 5.41) is 3.47. The zero-order valence-electron chi connectivity index (χ0n) is 37.9. The summed E-state index contributed by atoms with van der Waals surface area (Å²) in [7, 11) is 1.64. The summed E-state index contributed by atoms with van der Waals surface area (Å²) in [5.41, 5.74) is 20.2. The third-order valence-electron chi connectivity index (χ3n) is 12.4. The fourth-order valence-corrected chi connectivity index (χ4v) is 9.23. The number of pyridine rings is 3. The number of aromatic nitrogens is 3. The molecule has 4 aliphatic rings. The van der Waals surface area contributed by atoms with Gasteiger partial charge in [0.15, 0.2) is 0 Å². The van der Waals surface area contributed by atoms with Crippen molar-refractivity contribution in [3.05, 3.63) is 163 Å². The second-order valence-corrected chi connectivity index (χ2v) is 17.4. The SMILES string of the molecule is COc1cncc(CNc2ccc3c(c2)Cc2cc(C)cc(-c4cc(N5CCOCC5)cc(=O)[nH]4)c2O3)c1.Cc1cc2c(c(-c3cc(N4CCOCC4)cc(=O)[nH]3)c1)Oc1ccc(N)cc1C2. The van der Waals surface area contributed by atoms with E-state index in [9.17, 15) is 9.59 Å². The van der Waals surface area contributed by atoms with Gasteiger partial charge in [0, 0.05) is 120 Å². The highest BCUT2D eigenvalue weighted by Crippen LogP contribution is 2.45. The molecule has 14 nitrogen and oxygen atoms in total. The molecule has 0 saturated carbocycles. The molecule has 342 valence electrons. The Labute approximate surface area is 388 Å². The number of nitrogen functional groups attached to an aromatic ring is 1.